The molecule has 0 aromatic carbocycles. The number of aromatic nitrogens is 1. The van der Waals surface area contributed by atoms with Crippen LogP contribution < -0.4 is 5.32 Å². The highest BCUT2D eigenvalue weighted by Crippen LogP contribution is 2.20. The van der Waals surface area contributed by atoms with E-state index in [0.717, 1.165) is 19.6 Å². The molecule has 0 bridgehead atoms. The molecule has 74 valence electrons. The van der Waals surface area contributed by atoms with E-state index in [4.69, 9.17) is 0 Å². The van der Waals surface area contributed by atoms with Crippen molar-refractivity contribution in [3.8, 4) is 0 Å². The largest absolute Gasteiger partial charge is 0.342 e. The van der Waals surface area contributed by atoms with Crippen molar-refractivity contribution in [2.24, 2.45) is 0 Å². The van der Waals surface area contributed by atoms with Crippen molar-refractivity contribution in [1.82, 2.24) is 9.88 Å². The van der Waals surface area contributed by atoms with Crippen LogP contribution in [0.5, 0.6) is 0 Å². The minimum Gasteiger partial charge on any atom is -0.342 e. The van der Waals surface area contributed by atoms with Crippen molar-refractivity contribution in [3.05, 3.63) is 35.7 Å². The van der Waals surface area contributed by atoms with Crippen LogP contribution in [0.4, 0.5) is 0 Å². The zero-order valence-electron chi connectivity index (χ0n) is 8.59. The maximum absolute atomic E-state index is 3.88. The van der Waals surface area contributed by atoms with Gasteiger partial charge in [0.1, 0.15) is 0 Å². The Labute approximate surface area is 84.9 Å². The highest BCUT2D eigenvalue weighted by Gasteiger charge is 2.13. The Morgan fingerprint density at radius 2 is 2.43 bits per heavy atom. The van der Waals surface area contributed by atoms with E-state index < -0.39 is 0 Å². The molecule has 0 saturated heterocycles. The van der Waals surface area contributed by atoms with Crippen molar-refractivity contribution in [2.75, 3.05) is 6.54 Å². The molecule has 0 amide bonds. The van der Waals surface area contributed by atoms with Crippen LogP contribution >= 0.6 is 0 Å². The van der Waals surface area contributed by atoms with Gasteiger partial charge in [0.25, 0.3) is 0 Å². The first-order chi connectivity index (χ1) is 6.86. The summed E-state index contributed by atoms with van der Waals surface area (Å²) in [5, 5.41) is 3.37. The van der Waals surface area contributed by atoms with Crippen LogP contribution in [0.3, 0.4) is 0 Å². The average Bonchev–Trinajstić information content (AvgIpc) is 2.55. The van der Waals surface area contributed by atoms with Crippen molar-refractivity contribution in [1.29, 1.82) is 0 Å². The molecule has 0 saturated carbocycles. The van der Waals surface area contributed by atoms with Crippen LogP contribution in [0.25, 0.3) is 12.2 Å². The standard InChI is InChI=1S/C12H16N2/c1-3-5-10-8-11-9-13-6-7-14(11)12(10)4-2/h3-5,8,13H,2,6-7,9H2,1H3/b5-3-. The zero-order valence-corrected chi connectivity index (χ0v) is 8.59. The normalized spacial score (nSPS) is 15.8. The van der Waals surface area contributed by atoms with E-state index in [-0.39, 0.29) is 0 Å². The molecule has 0 atom stereocenters. The highest BCUT2D eigenvalue weighted by atomic mass is 15.1. The second kappa shape index (κ2) is 3.84. The Morgan fingerprint density at radius 1 is 1.57 bits per heavy atom. The molecule has 2 heteroatoms. The number of nitrogens with zero attached hydrogens (tertiary/aromatic N) is 1. The van der Waals surface area contributed by atoms with Gasteiger partial charge in [-0.2, -0.15) is 0 Å². The summed E-state index contributed by atoms with van der Waals surface area (Å²) in [6, 6.07) is 2.24. The first kappa shape index (κ1) is 9.28. The van der Waals surface area contributed by atoms with Crippen molar-refractivity contribution < 1.29 is 0 Å². The molecule has 0 radical (unpaired) electrons. The van der Waals surface area contributed by atoms with Crippen LogP contribution in [0.1, 0.15) is 23.9 Å². The SMILES string of the molecule is C=Cc1c(/C=C\C)cc2n1CCNC2. The van der Waals surface area contributed by atoms with Crippen molar-refractivity contribution in [2.45, 2.75) is 20.0 Å². The van der Waals surface area contributed by atoms with Gasteiger partial charge in [0.15, 0.2) is 0 Å². The summed E-state index contributed by atoms with van der Waals surface area (Å²) in [4.78, 5) is 0. The molecular formula is C12H16N2. The third kappa shape index (κ3) is 1.42. The lowest BCUT2D eigenvalue weighted by molar-refractivity contribution is 0.514. The van der Waals surface area contributed by atoms with Gasteiger partial charge >= 0.3 is 0 Å². The molecule has 0 unspecified atom stereocenters. The van der Waals surface area contributed by atoms with Gasteiger partial charge in [-0.25, -0.2) is 0 Å². The molecule has 0 spiro atoms. The Morgan fingerprint density at radius 3 is 3.14 bits per heavy atom. The summed E-state index contributed by atoms with van der Waals surface area (Å²) < 4.78 is 2.35. The molecule has 1 aliphatic heterocycles. The Kier molecular flexibility index (Phi) is 2.55. The third-order valence-corrected chi connectivity index (χ3v) is 2.61. The molecule has 2 heterocycles. The van der Waals surface area contributed by atoms with Crippen molar-refractivity contribution in [3.63, 3.8) is 0 Å². The van der Waals surface area contributed by atoms with Crippen LogP contribution in [-0.2, 0) is 13.1 Å². The summed E-state index contributed by atoms with van der Waals surface area (Å²) >= 11 is 0. The van der Waals surface area contributed by atoms with Gasteiger partial charge in [0, 0.05) is 31.0 Å². The van der Waals surface area contributed by atoms with Gasteiger partial charge in [0.05, 0.1) is 0 Å². The maximum Gasteiger partial charge on any atom is 0.0477 e. The topological polar surface area (TPSA) is 17.0 Å². The number of fused-ring (bicyclic) bond motifs is 1. The quantitative estimate of drug-likeness (QED) is 0.753. The number of nitrogens with one attached hydrogen (secondary N) is 1. The lowest BCUT2D eigenvalue weighted by Crippen LogP contribution is -2.28. The summed E-state index contributed by atoms with van der Waals surface area (Å²) in [7, 11) is 0. The van der Waals surface area contributed by atoms with Crippen LogP contribution in [-0.4, -0.2) is 11.1 Å². The Bertz CT molecular complexity index is 372. The van der Waals surface area contributed by atoms with E-state index in [1.165, 1.54) is 17.0 Å². The predicted molar refractivity (Wildman–Crippen MR) is 60.9 cm³/mol. The van der Waals surface area contributed by atoms with Gasteiger partial charge in [-0.1, -0.05) is 18.7 Å². The van der Waals surface area contributed by atoms with Gasteiger partial charge in [-0.3, -0.25) is 0 Å². The molecule has 0 fully saturated rings. The molecule has 1 N–H and O–H groups in total. The summed E-state index contributed by atoms with van der Waals surface area (Å²) in [5.74, 6) is 0. The molecule has 0 aliphatic carbocycles. The lowest BCUT2D eigenvalue weighted by Gasteiger charge is -2.17. The second-order valence-electron chi connectivity index (χ2n) is 3.51. The summed E-state index contributed by atoms with van der Waals surface area (Å²) in [6.45, 7) is 9.00. The smallest absolute Gasteiger partial charge is 0.0477 e. The van der Waals surface area contributed by atoms with Crippen molar-refractivity contribution >= 4 is 12.2 Å². The summed E-state index contributed by atoms with van der Waals surface area (Å²) in [5.41, 5.74) is 3.89. The number of allylic oxidation sites excluding steroid dienone is 1. The monoisotopic (exact) mass is 188 g/mol. The van der Waals surface area contributed by atoms with Gasteiger partial charge in [-0.05, 0) is 24.6 Å². The predicted octanol–water partition coefficient (Wildman–Crippen LogP) is 2.27. The second-order valence-corrected chi connectivity index (χ2v) is 3.51. The lowest BCUT2D eigenvalue weighted by atomic mass is 10.2. The third-order valence-electron chi connectivity index (χ3n) is 2.61. The number of rotatable bonds is 2. The van der Waals surface area contributed by atoms with Crippen LogP contribution in [0.2, 0.25) is 0 Å². The Balaban J connectivity index is 2.51. The van der Waals surface area contributed by atoms with E-state index >= 15 is 0 Å². The van der Waals surface area contributed by atoms with Gasteiger partial charge in [0.2, 0.25) is 0 Å². The molecule has 2 rings (SSSR count). The minimum atomic E-state index is 0.971. The molecule has 1 aliphatic rings. The van der Waals surface area contributed by atoms with E-state index in [1.807, 2.05) is 13.0 Å². The zero-order chi connectivity index (χ0) is 9.97. The van der Waals surface area contributed by atoms with E-state index in [9.17, 15) is 0 Å². The van der Waals surface area contributed by atoms with Crippen LogP contribution in [0, 0.1) is 0 Å². The fraction of sp³-hybridized carbons (Fsp3) is 0.333. The van der Waals surface area contributed by atoms with E-state index in [0.29, 0.717) is 0 Å². The highest BCUT2D eigenvalue weighted by molar-refractivity contribution is 5.63. The maximum atomic E-state index is 3.88. The average molecular weight is 188 g/mol. The molecule has 2 nitrogen and oxygen atoms in total. The molecule has 1 aromatic rings. The van der Waals surface area contributed by atoms with E-state index in [2.05, 4.69) is 34.7 Å². The minimum absolute atomic E-state index is 0.971. The number of hydrogen-bond acceptors (Lipinski definition) is 1. The first-order valence-electron chi connectivity index (χ1n) is 5.05. The molecule has 1 aromatic heterocycles. The fourth-order valence-corrected chi connectivity index (χ4v) is 2.00. The van der Waals surface area contributed by atoms with Gasteiger partial charge < -0.3 is 9.88 Å². The summed E-state index contributed by atoms with van der Waals surface area (Å²) in [6.07, 6.45) is 6.16. The molecule has 14 heavy (non-hydrogen) atoms. The van der Waals surface area contributed by atoms with Gasteiger partial charge in [-0.15, -0.1) is 0 Å². The van der Waals surface area contributed by atoms with Crippen LogP contribution in [0.15, 0.2) is 18.7 Å². The number of hydrogen-bond donors (Lipinski definition) is 1. The molecular weight excluding hydrogens is 172 g/mol. The fourth-order valence-electron chi connectivity index (χ4n) is 2.00. The van der Waals surface area contributed by atoms with E-state index in [1.54, 1.807) is 0 Å². The Hall–Kier alpha value is -1.28. The first-order valence-corrected chi connectivity index (χ1v) is 5.05.